The van der Waals surface area contributed by atoms with Crippen molar-refractivity contribution in [2.24, 2.45) is 11.8 Å². The summed E-state index contributed by atoms with van der Waals surface area (Å²) in [6.07, 6.45) is -2.17. The summed E-state index contributed by atoms with van der Waals surface area (Å²) < 4.78 is 51.3. The average molecular weight is 276 g/mol. The fourth-order valence-electron chi connectivity index (χ4n) is 2.00. The van der Waals surface area contributed by atoms with Gasteiger partial charge in [-0.25, -0.2) is 4.39 Å². The summed E-state index contributed by atoms with van der Waals surface area (Å²) in [6, 6.07) is 2.63. The van der Waals surface area contributed by atoms with Crippen LogP contribution in [0, 0.1) is 17.7 Å². The third-order valence-corrected chi connectivity index (χ3v) is 3.18. The zero-order valence-electron chi connectivity index (χ0n) is 11.5. The minimum absolute atomic E-state index is 0.158. The minimum Gasteiger partial charge on any atom is -0.207 e. The Bertz CT molecular complexity index is 407. The highest BCUT2D eigenvalue weighted by Gasteiger charge is 2.31. The maximum absolute atomic E-state index is 13.5. The van der Waals surface area contributed by atoms with Crippen LogP contribution in [0.4, 0.5) is 17.6 Å². The van der Waals surface area contributed by atoms with Crippen LogP contribution in [0.1, 0.15) is 44.7 Å². The lowest BCUT2D eigenvalue weighted by Crippen LogP contribution is -2.09. The number of rotatable bonds is 5. The Morgan fingerprint density at radius 1 is 1.05 bits per heavy atom. The number of halogens is 4. The number of benzene rings is 1. The fourth-order valence-corrected chi connectivity index (χ4v) is 2.00. The lowest BCUT2D eigenvalue weighted by molar-refractivity contribution is -0.137. The molecular formula is C15H20F4. The van der Waals surface area contributed by atoms with Gasteiger partial charge in [-0.2, -0.15) is 13.2 Å². The summed E-state index contributed by atoms with van der Waals surface area (Å²) >= 11 is 0. The summed E-state index contributed by atoms with van der Waals surface area (Å²) in [6.45, 7) is 6.14. The minimum atomic E-state index is -4.41. The molecule has 0 spiro atoms. The molecule has 0 nitrogen and oxygen atoms in total. The van der Waals surface area contributed by atoms with E-state index in [1.165, 1.54) is 0 Å². The maximum atomic E-state index is 13.5. The first-order valence-electron chi connectivity index (χ1n) is 6.55. The van der Waals surface area contributed by atoms with E-state index in [0.29, 0.717) is 12.3 Å². The Morgan fingerprint density at radius 3 is 2.21 bits per heavy atom. The molecule has 0 N–H and O–H groups in total. The second-order valence-electron chi connectivity index (χ2n) is 5.58. The molecule has 1 aromatic carbocycles. The largest absolute Gasteiger partial charge is 0.416 e. The van der Waals surface area contributed by atoms with Crippen LogP contribution in [-0.2, 0) is 12.6 Å². The molecule has 1 unspecified atom stereocenters. The second kappa shape index (κ2) is 6.40. The molecule has 108 valence electrons. The van der Waals surface area contributed by atoms with Crippen molar-refractivity contribution in [2.75, 3.05) is 0 Å². The monoisotopic (exact) mass is 276 g/mol. The number of hydrogen-bond acceptors (Lipinski definition) is 0. The predicted molar refractivity (Wildman–Crippen MR) is 68.3 cm³/mol. The third kappa shape index (κ3) is 5.21. The van der Waals surface area contributed by atoms with E-state index in [4.69, 9.17) is 0 Å². The molecule has 0 saturated carbocycles. The smallest absolute Gasteiger partial charge is 0.207 e. The highest BCUT2D eigenvalue weighted by Crippen LogP contribution is 2.31. The van der Waals surface area contributed by atoms with Crippen LogP contribution in [0.15, 0.2) is 18.2 Å². The van der Waals surface area contributed by atoms with Gasteiger partial charge in [0.05, 0.1) is 5.56 Å². The van der Waals surface area contributed by atoms with Gasteiger partial charge >= 0.3 is 6.18 Å². The fraction of sp³-hybridized carbons (Fsp3) is 0.600. The van der Waals surface area contributed by atoms with E-state index in [0.717, 1.165) is 31.0 Å². The highest BCUT2D eigenvalue weighted by atomic mass is 19.4. The molecule has 1 atom stereocenters. The Kier molecular flexibility index (Phi) is 5.39. The van der Waals surface area contributed by atoms with Crippen molar-refractivity contribution < 1.29 is 17.6 Å². The SMILES string of the molecule is CC(C)CCC(C)Cc1cc(C(F)(F)F)ccc1F. The molecule has 0 fully saturated rings. The van der Waals surface area contributed by atoms with Crippen molar-refractivity contribution in [1.29, 1.82) is 0 Å². The van der Waals surface area contributed by atoms with Gasteiger partial charge in [0.1, 0.15) is 5.82 Å². The van der Waals surface area contributed by atoms with E-state index >= 15 is 0 Å². The van der Waals surface area contributed by atoms with Gasteiger partial charge in [-0.3, -0.25) is 0 Å². The molecule has 0 bridgehead atoms. The van der Waals surface area contributed by atoms with E-state index < -0.39 is 17.6 Å². The van der Waals surface area contributed by atoms with Crippen LogP contribution in [0.25, 0.3) is 0 Å². The lowest BCUT2D eigenvalue weighted by Gasteiger charge is -2.15. The predicted octanol–water partition coefficient (Wildman–Crippen LogP) is 5.46. The number of hydrogen-bond donors (Lipinski definition) is 0. The zero-order chi connectivity index (χ0) is 14.6. The molecule has 19 heavy (non-hydrogen) atoms. The molecule has 0 amide bonds. The van der Waals surface area contributed by atoms with Crippen LogP contribution in [0.5, 0.6) is 0 Å². The van der Waals surface area contributed by atoms with Gasteiger partial charge in [0.25, 0.3) is 0 Å². The standard InChI is InChI=1S/C15H20F4/c1-10(2)4-5-11(3)8-12-9-13(15(17,18)19)6-7-14(12)16/h6-7,9-11H,4-5,8H2,1-3H3. The molecule has 0 saturated heterocycles. The van der Waals surface area contributed by atoms with Gasteiger partial charge in [-0.15, -0.1) is 0 Å². The summed E-state index contributed by atoms with van der Waals surface area (Å²) in [4.78, 5) is 0. The van der Waals surface area contributed by atoms with E-state index in [2.05, 4.69) is 13.8 Å². The van der Waals surface area contributed by atoms with Gasteiger partial charge in [-0.05, 0) is 42.0 Å². The molecule has 1 rings (SSSR count). The first kappa shape index (κ1) is 16.0. The van der Waals surface area contributed by atoms with Crippen LogP contribution < -0.4 is 0 Å². The normalized spacial score (nSPS) is 13.9. The van der Waals surface area contributed by atoms with Gasteiger partial charge in [0, 0.05) is 0 Å². The average Bonchev–Trinajstić information content (AvgIpc) is 2.28. The highest BCUT2D eigenvalue weighted by molar-refractivity contribution is 5.27. The van der Waals surface area contributed by atoms with E-state index in [1.54, 1.807) is 0 Å². The lowest BCUT2D eigenvalue weighted by atomic mass is 9.92. The van der Waals surface area contributed by atoms with Crippen molar-refractivity contribution in [1.82, 2.24) is 0 Å². The number of alkyl halides is 3. The Balaban J connectivity index is 2.77. The van der Waals surface area contributed by atoms with Crippen LogP contribution in [-0.4, -0.2) is 0 Å². The van der Waals surface area contributed by atoms with Crippen molar-refractivity contribution in [3.05, 3.63) is 35.1 Å². The van der Waals surface area contributed by atoms with Gasteiger partial charge < -0.3 is 0 Å². The van der Waals surface area contributed by atoms with Gasteiger partial charge in [-0.1, -0.05) is 33.6 Å². The third-order valence-electron chi connectivity index (χ3n) is 3.18. The first-order valence-corrected chi connectivity index (χ1v) is 6.55. The molecule has 4 heteroatoms. The van der Waals surface area contributed by atoms with E-state index in [-0.39, 0.29) is 11.5 Å². The molecule has 0 aromatic heterocycles. The summed E-state index contributed by atoms with van der Waals surface area (Å²) in [7, 11) is 0. The zero-order valence-corrected chi connectivity index (χ0v) is 11.5. The van der Waals surface area contributed by atoms with Crippen molar-refractivity contribution in [2.45, 2.75) is 46.2 Å². The molecule has 0 aliphatic carbocycles. The van der Waals surface area contributed by atoms with E-state index in [9.17, 15) is 17.6 Å². The van der Waals surface area contributed by atoms with Crippen LogP contribution in [0.3, 0.4) is 0 Å². The Labute approximate surface area is 111 Å². The maximum Gasteiger partial charge on any atom is 0.416 e. The summed E-state index contributed by atoms with van der Waals surface area (Å²) in [5, 5.41) is 0. The molecule has 1 aromatic rings. The van der Waals surface area contributed by atoms with Gasteiger partial charge in [0.2, 0.25) is 0 Å². The second-order valence-corrected chi connectivity index (χ2v) is 5.58. The quantitative estimate of drug-likeness (QED) is 0.626. The van der Waals surface area contributed by atoms with Gasteiger partial charge in [0.15, 0.2) is 0 Å². The Hall–Kier alpha value is -1.06. The van der Waals surface area contributed by atoms with Crippen LogP contribution in [0.2, 0.25) is 0 Å². The molecule has 0 radical (unpaired) electrons. The van der Waals surface area contributed by atoms with Crippen LogP contribution >= 0.6 is 0 Å². The molecular weight excluding hydrogens is 256 g/mol. The van der Waals surface area contributed by atoms with E-state index in [1.807, 2.05) is 6.92 Å². The molecule has 0 heterocycles. The van der Waals surface area contributed by atoms with Crippen molar-refractivity contribution >= 4 is 0 Å². The Morgan fingerprint density at radius 2 is 1.68 bits per heavy atom. The summed E-state index contributed by atoms with van der Waals surface area (Å²) in [5.41, 5.74) is -0.619. The first-order chi connectivity index (χ1) is 8.70. The topological polar surface area (TPSA) is 0 Å². The molecule has 0 aliphatic rings. The molecule has 0 aliphatic heterocycles. The van der Waals surface area contributed by atoms with Crippen molar-refractivity contribution in [3.63, 3.8) is 0 Å². The summed E-state index contributed by atoms with van der Waals surface area (Å²) in [5.74, 6) is 0.179. The van der Waals surface area contributed by atoms with Crippen molar-refractivity contribution in [3.8, 4) is 0 Å².